The van der Waals surface area contributed by atoms with E-state index in [2.05, 4.69) is 16.2 Å². The highest BCUT2D eigenvalue weighted by Gasteiger charge is 2.30. The van der Waals surface area contributed by atoms with Crippen molar-refractivity contribution in [2.24, 2.45) is 0 Å². The van der Waals surface area contributed by atoms with Crippen molar-refractivity contribution in [2.75, 3.05) is 0 Å². The topological polar surface area (TPSA) is 53.2 Å². The molecule has 3 N–H and O–H groups in total. The normalized spacial score (nSPS) is 18.9. The van der Waals surface area contributed by atoms with E-state index in [9.17, 15) is 9.18 Å². The fraction of sp³-hybridized carbons (Fsp3) is 0.174. The summed E-state index contributed by atoms with van der Waals surface area (Å²) in [4.78, 5) is 13.2. The van der Waals surface area contributed by atoms with Gasteiger partial charge in [-0.05, 0) is 28.8 Å². The van der Waals surface area contributed by atoms with Crippen molar-refractivity contribution in [2.45, 2.75) is 24.5 Å². The summed E-state index contributed by atoms with van der Waals surface area (Å²) in [7, 11) is 0. The van der Waals surface area contributed by atoms with Crippen molar-refractivity contribution in [1.29, 1.82) is 0 Å². The van der Waals surface area contributed by atoms with Crippen molar-refractivity contribution in [3.05, 3.63) is 107 Å². The monoisotopic (exact) mass is 375 g/mol. The van der Waals surface area contributed by atoms with Gasteiger partial charge in [0, 0.05) is 12.5 Å². The zero-order valence-corrected chi connectivity index (χ0v) is 15.3. The minimum atomic E-state index is -0.391. The molecule has 1 aliphatic rings. The standard InChI is InChI=1S/C23H22FN3O/c24-19-13-7-12-18(14-19)20-15-21(27-26-20)25-23(28)22(16-8-3-1-4-9-16)17-10-5-2-6-11-17/h1-14,20-22,26-27H,15H2,(H,25,28). The van der Waals surface area contributed by atoms with Crippen LogP contribution in [0.3, 0.4) is 0 Å². The van der Waals surface area contributed by atoms with Crippen LogP contribution in [-0.2, 0) is 4.79 Å². The number of carbonyl (C=O) groups excluding carboxylic acids is 1. The maximum Gasteiger partial charge on any atom is 0.233 e. The van der Waals surface area contributed by atoms with Crippen LogP contribution in [0.4, 0.5) is 4.39 Å². The summed E-state index contributed by atoms with van der Waals surface area (Å²) in [5, 5.41) is 3.08. The molecule has 142 valence electrons. The average molecular weight is 375 g/mol. The Morgan fingerprint density at radius 2 is 1.54 bits per heavy atom. The van der Waals surface area contributed by atoms with E-state index in [1.165, 1.54) is 12.1 Å². The van der Waals surface area contributed by atoms with E-state index in [1.54, 1.807) is 6.07 Å². The van der Waals surface area contributed by atoms with E-state index in [0.29, 0.717) is 6.42 Å². The van der Waals surface area contributed by atoms with Gasteiger partial charge < -0.3 is 5.32 Å². The lowest BCUT2D eigenvalue weighted by atomic mass is 9.90. The molecule has 4 nitrogen and oxygen atoms in total. The second-order valence-corrected chi connectivity index (χ2v) is 6.95. The van der Waals surface area contributed by atoms with Gasteiger partial charge in [-0.1, -0.05) is 72.8 Å². The predicted molar refractivity (Wildman–Crippen MR) is 107 cm³/mol. The molecule has 1 aliphatic heterocycles. The number of hydrogen-bond acceptors (Lipinski definition) is 3. The van der Waals surface area contributed by atoms with Gasteiger partial charge in [-0.3, -0.25) is 4.79 Å². The first-order chi connectivity index (χ1) is 13.7. The largest absolute Gasteiger partial charge is 0.339 e. The maximum atomic E-state index is 13.5. The molecule has 3 aromatic carbocycles. The van der Waals surface area contributed by atoms with Gasteiger partial charge in [-0.25, -0.2) is 15.2 Å². The Morgan fingerprint density at radius 1 is 0.893 bits per heavy atom. The van der Waals surface area contributed by atoms with Gasteiger partial charge in [0.05, 0.1) is 12.1 Å². The molecule has 2 unspecified atom stereocenters. The third-order valence-electron chi connectivity index (χ3n) is 5.00. The fourth-order valence-corrected chi connectivity index (χ4v) is 3.63. The highest BCUT2D eigenvalue weighted by Crippen LogP contribution is 2.26. The molecule has 3 aromatic rings. The van der Waals surface area contributed by atoms with E-state index in [-0.39, 0.29) is 23.9 Å². The minimum Gasteiger partial charge on any atom is -0.339 e. The summed E-state index contributed by atoms with van der Waals surface area (Å²) in [5.41, 5.74) is 8.99. The Balaban J connectivity index is 1.49. The van der Waals surface area contributed by atoms with Crippen molar-refractivity contribution < 1.29 is 9.18 Å². The lowest BCUT2D eigenvalue weighted by molar-refractivity contribution is -0.122. The summed E-state index contributed by atoms with van der Waals surface area (Å²) >= 11 is 0. The number of nitrogens with one attached hydrogen (secondary N) is 3. The SMILES string of the molecule is O=C(NC1CC(c2cccc(F)c2)NN1)C(c1ccccc1)c1ccccc1. The Labute approximate surface area is 163 Å². The Kier molecular flexibility index (Phi) is 5.46. The molecule has 5 heteroatoms. The smallest absolute Gasteiger partial charge is 0.233 e. The quantitative estimate of drug-likeness (QED) is 0.638. The molecule has 2 atom stereocenters. The molecular formula is C23H22FN3O. The van der Waals surface area contributed by atoms with E-state index >= 15 is 0 Å². The van der Waals surface area contributed by atoms with Crippen molar-refractivity contribution in [3.63, 3.8) is 0 Å². The lowest BCUT2D eigenvalue weighted by Gasteiger charge is -2.20. The molecule has 28 heavy (non-hydrogen) atoms. The van der Waals surface area contributed by atoms with Gasteiger partial charge in [0.1, 0.15) is 5.82 Å². The molecule has 0 radical (unpaired) electrons. The molecule has 1 saturated heterocycles. The first-order valence-corrected chi connectivity index (χ1v) is 9.37. The van der Waals surface area contributed by atoms with Crippen molar-refractivity contribution in [1.82, 2.24) is 16.2 Å². The number of hydrogen-bond donors (Lipinski definition) is 3. The van der Waals surface area contributed by atoms with E-state index in [1.807, 2.05) is 66.7 Å². The van der Waals surface area contributed by atoms with Gasteiger partial charge in [0.25, 0.3) is 0 Å². The number of benzene rings is 3. The van der Waals surface area contributed by atoms with Crippen molar-refractivity contribution >= 4 is 5.91 Å². The van der Waals surface area contributed by atoms with Crippen LogP contribution < -0.4 is 16.2 Å². The number of rotatable bonds is 5. The van der Waals surface area contributed by atoms with Gasteiger partial charge in [0.2, 0.25) is 5.91 Å². The lowest BCUT2D eigenvalue weighted by Crippen LogP contribution is -2.46. The predicted octanol–water partition coefficient (Wildman–Crippen LogP) is 3.64. The minimum absolute atomic E-state index is 0.0621. The number of hydrazine groups is 1. The zero-order chi connectivity index (χ0) is 19.3. The summed E-state index contributed by atoms with van der Waals surface area (Å²) in [6.45, 7) is 0. The molecule has 0 aromatic heterocycles. The zero-order valence-electron chi connectivity index (χ0n) is 15.3. The summed E-state index contributed by atoms with van der Waals surface area (Å²) < 4.78 is 13.5. The molecule has 0 aliphatic carbocycles. The van der Waals surface area contributed by atoms with Crippen molar-refractivity contribution in [3.8, 4) is 0 Å². The van der Waals surface area contributed by atoms with Gasteiger partial charge in [-0.15, -0.1) is 0 Å². The van der Waals surface area contributed by atoms with Crippen LogP contribution in [0, 0.1) is 5.82 Å². The second kappa shape index (κ2) is 8.33. The first kappa shape index (κ1) is 18.3. The number of amides is 1. The van der Waals surface area contributed by atoms with E-state index in [4.69, 9.17) is 0 Å². The molecule has 0 spiro atoms. The summed E-state index contributed by atoms with van der Waals surface area (Å²) in [6, 6.07) is 25.9. The van der Waals surface area contributed by atoms with Gasteiger partial charge >= 0.3 is 0 Å². The molecular weight excluding hydrogens is 353 g/mol. The third kappa shape index (κ3) is 4.11. The molecule has 1 amide bonds. The molecule has 0 bridgehead atoms. The van der Waals surface area contributed by atoms with E-state index < -0.39 is 5.92 Å². The van der Waals surface area contributed by atoms with E-state index in [0.717, 1.165) is 16.7 Å². The summed E-state index contributed by atoms with van der Waals surface area (Å²) in [6.07, 6.45) is 0.390. The third-order valence-corrected chi connectivity index (χ3v) is 5.00. The van der Waals surface area contributed by atoms with Crippen LogP contribution in [0.15, 0.2) is 84.9 Å². The molecule has 4 rings (SSSR count). The molecule has 1 heterocycles. The van der Waals surface area contributed by atoms with Gasteiger partial charge in [0.15, 0.2) is 0 Å². The first-order valence-electron chi connectivity index (χ1n) is 9.37. The van der Waals surface area contributed by atoms with Crippen LogP contribution >= 0.6 is 0 Å². The molecule has 1 fully saturated rings. The highest BCUT2D eigenvalue weighted by molar-refractivity contribution is 5.87. The Morgan fingerprint density at radius 3 is 2.14 bits per heavy atom. The summed E-state index contributed by atoms with van der Waals surface area (Å²) in [5.74, 6) is -0.728. The van der Waals surface area contributed by atoms with Crippen LogP contribution in [-0.4, -0.2) is 12.1 Å². The highest BCUT2D eigenvalue weighted by atomic mass is 19.1. The Bertz CT molecular complexity index is 893. The number of carbonyl (C=O) groups is 1. The maximum absolute atomic E-state index is 13.5. The molecule has 0 saturated carbocycles. The Hall–Kier alpha value is -3.02. The number of halogens is 1. The fourth-order valence-electron chi connectivity index (χ4n) is 3.63. The average Bonchev–Trinajstić information content (AvgIpc) is 3.18. The van der Waals surface area contributed by atoms with Crippen LogP contribution in [0.1, 0.15) is 35.1 Å². The van der Waals surface area contributed by atoms with Gasteiger partial charge in [-0.2, -0.15) is 0 Å². The van der Waals surface area contributed by atoms with Crippen LogP contribution in [0.25, 0.3) is 0 Å². The second-order valence-electron chi connectivity index (χ2n) is 6.95. The van der Waals surface area contributed by atoms with Crippen LogP contribution in [0.2, 0.25) is 0 Å². The van der Waals surface area contributed by atoms with Crippen LogP contribution in [0.5, 0.6) is 0 Å².